The van der Waals surface area contributed by atoms with Gasteiger partial charge >= 0.3 is 5.97 Å². The molecule has 0 spiro atoms. The Hall–Kier alpha value is -1.78. The van der Waals surface area contributed by atoms with Gasteiger partial charge in [-0.2, -0.15) is 0 Å². The van der Waals surface area contributed by atoms with Gasteiger partial charge in [-0.05, 0) is 6.07 Å². The summed E-state index contributed by atoms with van der Waals surface area (Å²) in [5.74, 6) is 0.344. The number of hydrogen-bond donors (Lipinski definition) is 1. The van der Waals surface area contributed by atoms with Gasteiger partial charge in [0, 0.05) is 19.3 Å². The number of likely N-dealkylation sites (N-methyl/N-ethyl adjacent to an activating group) is 1. The summed E-state index contributed by atoms with van der Waals surface area (Å²) in [7, 11) is 3.21. The maximum absolute atomic E-state index is 10.4. The molecule has 1 N–H and O–H groups in total. The first kappa shape index (κ1) is 10.3. The molecule has 0 aromatic carbocycles. The van der Waals surface area contributed by atoms with E-state index in [2.05, 4.69) is 4.98 Å². The van der Waals surface area contributed by atoms with Crippen molar-refractivity contribution >= 4 is 11.8 Å². The van der Waals surface area contributed by atoms with E-state index in [1.54, 1.807) is 32.5 Å². The number of carboxylic acid groups (broad SMARTS) is 1. The van der Waals surface area contributed by atoms with E-state index in [1.807, 2.05) is 0 Å². The van der Waals surface area contributed by atoms with Crippen LogP contribution in [0.3, 0.4) is 0 Å². The lowest BCUT2D eigenvalue weighted by Gasteiger charge is -2.15. The number of ether oxygens (including phenoxy) is 1. The molecule has 0 fully saturated rings. The SMILES string of the molecule is COc1ccnc(N(C)CC(=O)O)c1. The zero-order chi connectivity index (χ0) is 10.6. The summed E-state index contributed by atoms with van der Waals surface area (Å²) in [6.07, 6.45) is 1.58. The standard InChI is InChI=1S/C9H12N2O3/c1-11(6-9(12)13)8-5-7(14-2)3-4-10-8/h3-5H,6H2,1-2H3,(H,12,13). The molecule has 1 heterocycles. The molecule has 1 rings (SSSR count). The second-order valence-electron chi connectivity index (χ2n) is 2.80. The summed E-state index contributed by atoms with van der Waals surface area (Å²) in [5, 5.41) is 8.57. The third-order valence-electron chi connectivity index (χ3n) is 1.72. The van der Waals surface area contributed by atoms with Gasteiger partial charge in [0.2, 0.25) is 0 Å². The fourth-order valence-corrected chi connectivity index (χ4v) is 1.02. The van der Waals surface area contributed by atoms with Crippen LogP contribution in [0, 0.1) is 0 Å². The molecule has 5 heteroatoms. The highest BCUT2D eigenvalue weighted by Gasteiger charge is 2.07. The van der Waals surface area contributed by atoms with Crippen LogP contribution in [0.5, 0.6) is 5.75 Å². The Morgan fingerprint density at radius 2 is 2.43 bits per heavy atom. The van der Waals surface area contributed by atoms with Crippen molar-refractivity contribution in [3.8, 4) is 5.75 Å². The van der Waals surface area contributed by atoms with Crippen molar-refractivity contribution in [2.75, 3.05) is 25.6 Å². The van der Waals surface area contributed by atoms with E-state index >= 15 is 0 Å². The van der Waals surface area contributed by atoms with Gasteiger partial charge in [0.1, 0.15) is 18.1 Å². The molecule has 0 aliphatic carbocycles. The topological polar surface area (TPSA) is 62.7 Å². The first-order chi connectivity index (χ1) is 6.63. The number of aromatic nitrogens is 1. The lowest BCUT2D eigenvalue weighted by atomic mass is 10.4. The number of carbonyl (C=O) groups is 1. The average molecular weight is 196 g/mol. The Balaban J connectivity index is 2.78. The van der Waals surface area contributed by atoms with Crippen LogP contribution < -0.4 is 9.64 Å². The molecule has 0 unspecified atom stereocenters. The molecule has 0 atom stereocenters. The highest BCUT2D eigenvalue weighted by molar-refractivity contribution is 5.73. The molecule has 0 amide bonds. The van der Waals surface area contributed by atoms with E-state index in [-0.39, 0.29) is 6.54 Å². The molecule has 14 heavy (non-hydrogen) atoms. The largest absolute Gasteiger partial charge is 0.497 e. The number of rotatable bonds is 4. The molecule has 0 radical (unpaired) electrons. The summed E-state index contributed by atoms with van der Waals surface area (Å²) >= 11 is 0. The molecule has 0 bridgehead atoms. The van der Waals surface area contributed by atoms with Crippen molar-refractivity contribution in [3.05, 3.63) is 18.3 Å². The summed E-state index contributed by atoms with van der Waals surface area (Å²) in [4.78, 5) is 16.0. The monoisotopic (exact) mass is 196 g/mol. The summed E-state index contributed by atoms with van der Waals surface area (Å²) in [5.41, 5.74) is 0. The van der Waals surface area contributed by atoms with E-state index in [9.17, 15) is 4.79 Å². The Kier molecular flexibility index (Phi) is 3.28. The maximum atomic E-state index is 10.4. The third-order valence-corrected chi connectivity index (χ3v) is 1.72. The Morgan fingerprint density at radius 1 is 1.71 bits per heavy atom. The number of methoxy groups -OCH3 is 1. The molecule has 0 aliphatic rings. The number of pyridine rings is 1. The first-order valence-electron chi connectivity index (χ1n) is 4.06. The predicted octanol–water partition coefficient (Wildman–Crippen LogP) is 0.611. The molecule has 1 aromatic rings. The smallest absolute Gasteiger partial charge is 0.323 e. The molecule has 76 valence electrons. The highest BCUT2D eigenvalue weighted by atomic mass is 16.5. The third kappa shape index (κ3) is 2.62. The minimum Gasteiger partial charge on any atom is -0.497 e. The predicted molar refractivity (Wildman–Crippen MR) is 51.7 cm³/mol. The zero-order valence-electron chi connectivity index (χ0n) is 8.10. The van der Waals surface area contributed by atoms with Crippen LogP contribution in [0.15, 0.2) is 18.3 Å². The van der Waals surface area contributed by atoms with E-state index in [4.69, 9.17) is 9.84 Å². The van der Waals surface area contributed by atoms with Crippen LogP contribution in [0.25, 0.3) is 0 Å². The zero-order valence-corrected chi connectivity index (χ0v) is 8.10. The van der Waals surface area contributed by atoms with Gasteiger partial charge in [-0.3, -0.25) is 4.79 Å². The first-order valence-corrected chi connectivity index (χ1v) is 4.06. The van der Waals surface area contributed by atoms with Crippen LogP contribution in [0.1, 0.15) is 0 Å². The summed E-state index contributed by atoms with van der Waals surface area (Å²) in [6, 6.07) is 3.39. The Morgan fingerprint density at radius 3 is 3.00 bits per heavy atom. The van der Waals surface area contributed by atoms with Crippen LogP contribution in [0.4, 0.5) is 5.82 Å². The van der Waals surface area contributed by atoms with Crippen molar-refractivity contribution in [1.29, 1.82) is 0 Å². The summed E-state index contributed by atoms with van der Waals surface area (Å²) in [6.45, 7) is -0.0832. The van der Waals surface area contributed by atoms with E-state index in [0.717, 1.165) is 0 Å². The lowest BCUT2D eigenvalue weighted by molar-refractivity contribution is -0.135. The number of hydrogen-bond acceptors (Lipinski definition) is 4. The number of carboxylic acids is 1. The van der Waals surface area contributed by atoms with Gasteiger partial charge in [-0.25, -0.2) is 4.98 Å². The lowest BCUT2D eigenvalue weighted by Crippen LogP contribution is -2.25. The van der Waals surface area contributed by atoms with Crippen LogP contribution >= 0.6 is 0 Å². The Labute approximate surface area is 81.9 Å². The van der Waals surface area contributed by atoms with Gasteiger partial charge in [0.05, 0.1) is 7.11 Å². The minimum atomic E-state index is -0.892. The normalized spacial score (nSPS) is 9.57. The fraction of sp³-hybridized carbons (Fsp3) is 0.333. The van der Waals surface area contributed by atoms with Crippen LogP contribution in [0.2, 0.25) is 0 Å². The highest BCUT2D eigenvalue weighted by Crippen LogP contribution is 2.16. The van der Waals surface area contributed by atoms with Crippen molar-refractivity contribution < 1.29 is 14.6 Å². The maximum Gasteiger partial charge on any atom is 0.323 e. The van der Waals surface area contributed by atoms with Gasteiger partial charge in [-0.1, -0.05) is 0 Å². The second kappa shape index (κ2) is 4.45. The molecule has 5 nitrogen and oxygen atoms in total. The van der Waals surface area contributed by atoms with Crippen molar-refractivity contribution in [2.45, 2.75) is 0 Å². The van der Waals surface area contributed by atoms with Crippen molar-refractivity contribution in [1.82, 2.24) is 4.98 Å². The van der Waals surface area contributed by atoms with Gasteiger partial charge in [-0.15, -0.1) is 0 Å². The van der Waals surface area contributed by atoms with Crippen LogP contribution in [-0.4, -0.2) is 36.8 Å². The molecule has 0 aliphatic heterocycles. The second-order valence-corrected chi connectivity index (χ2v) is 2.80. The number of anilines is 1. The quantitative estimate of drug-likeness (QED) is 0.764. The van der Waals surface area contributed by atoms with Crippen molar-refractivity contribution in [3.63, 3.8) is 0 Å². The van der Waals surface area contributed by atoms with Gasteiger partial charge in [0.25, 0.3) is 0 Å². The van der Waals surface area contributed by atoms with Gasteiger partial charge < -0.3 is 14.7 Å². The molecular weight excluding hydrogens is 184 g/mol. The minimum absolute atomic E-state index is 0.0832. The fourth-order valence-electron chi connectivity index (χ4n) is 1.02. The average Bonchev–Trinajstić information content (AvgIpc) is 2.17. The van der Waals surface area contributed by atoms with E-state index in [1.165, 1.54) is 4.90 Å². The number of aliphatic carboxylic acids is 1. The number of nitrogens with zero attached hydrogens (tertiary/aromatic N) is 2. The Bertz CT molecular complexity index is 328. The molecule has 1 aromatic heterocycles. The summed E-state index contributed by atoms with van der Waals surface area (Å²) < 4.78 is 5.00. The molecular formula is C9H12N2O3. The van der Waals surface area contributed by atoms with Gasteiger partial charge in [0.15, 0.2) is 0 Å². The van der Waals surface area contributed by atoms with Crippen molar-refractivity contribution in [2.24, 2.45) is 0 Å². The van der Waals surface area contributed by atoms with E-state index in [0.29, 0.717) is 11.6 Å². The van der Waals surface area contributed by atoms with Crippen LogP contribution in [-0.2, 0) is 4.79 Å². The molecule has 0 saturated carbocycles. The van der Waals surface area contributed by atoms with E-state index < -0.39 is 5.97 Å². The molecule has 0 saturated heterocycles.